The second kappa shape index (κ2) is 19.5. The Morgan fingerprint density at radius 2 is 1.27 bits per heavy atom. The second-order valence-electron chi connectivity index (χ2n) is 2.99. The summed E-state index contributed by atoms with van der Waals surface area (Å²) >= 11 is 2.22. The van der Waals surface area contributed by atoms with Crippen LogP contribution in [0, 0.1) is 0 Å². The number of rotatable bonds is 3. The minimum atomic E-state index is 0.374. The van der Waals surface area contributed by atoms with E-state index in [-0.39, 0.29) is 0 Å². The number of hydrogen-bond acceptors (Lipinski definition) is 3. The molecule has 0 aliphatic heterocycles. The number of halogens is 1. The van der Waals surface area contributed by atoms with Gasteiger partial charge < -0.3 is 4.79 Å². The van der Waals surface area contributed by atoms with Crippen molar-refractivity contribution in [3.63, 3.8) is 0 Å². The van der Waals surface area contributed by atoms with Crippen LogP contribution in [0.4, 0.5) is 0 Å². The monoisotopic (exact) mass is 324 g/mol. The van der Waals surface area contributed by atoms with Crippen LogP contribution < -0.4 is 0 Å². The summed E-state index contributed by atoms with van der Waals surface area (Å²) in [5, 5.41) is 0. The Hall–Kier alpha value is -0.0377. The van der Waals surface area contributed by atoms with Crippen LogP contribution in [0.1, 0.15) is 34.6 Å². The summed E-state index contributed by atoms with van der Waals surface area (Å²) in [5.74, 6) is 0. The van der Waals surface area contributed by atoms with Gasteiger partial charge in [0.15, 0.2) is 0 Å². The molecular weight excluding hydrogens is 306 g/mol. The van der Waals surface area contributed by atoms with E-state index in [1.165, 1.54) is 13.2 Å². The molecule has 0 aromatic heterocycles. The number of carbonyl (C=O) groups excluding carboxylic acids is 1. The van der Waals surface area contributed by atoms with Crippen LogP contribution >= 0.6 is 9.53 Å². The zero-order chi connectivity index (χ0) is 12.7. The molecule has 0 aromatic carbocycles. The Morgan fingerprint density at radius 3 is 1.40 bits per heavy atom. The first kappa shape index (κ1) is 20.4. The topological polar surface area (TPSA) is 41.8 Å². The molecule has 0 radical (unpaired) electrons. The Bertz CT molecular complexity index is 155. The maximum atomic E-state index is 8.68. The van der Waals surface area contributed by atoms with Crippen LogP contribution in [0.2, 0.25) is 0 Å². The van der Waals surface area contributed by atoms with Gasteiger partial charge in [-0.05, 0) is 27.7 Å². The van der Waals surface area contributed by atoms with Crippen molar-refractivity contribution in [2.75, 3.05) is 0 Å². The van der Waals surface area contributed by atoms with Gasteiger partial charge in [-0.3, -0.25) is 16.3 Å². The normalized spacial score (nSPS) is 10.0. The van der Waals surface area contributed by atoms with Crippen molar-refractivity contribution < 1.29 is 23.0 Å². The third-order valence-electron chi connectivity index (χ3n) is 0.835. The summed E-state index contributed by atoms with van der Waals surface area (Å²) in [4.78, 5) is 16.9. The Balaban J connectivity index is -0.000000245. The first-order valence-corrected chi connectivity index (χ1v) is 6.50. The summed E-state index contributed by atoms with van der Waals surface area (Å²) in [6.45, 7) is 9.48. The van der Waals surface area contributed by atoms with Gasteiger partial charge in [-0.15, -0.1) is 0 Å². The Kier molecular flexibility index (Phi) is 26.5. The molecule has 0 rings (SSSR count). The van der Waals surface area contributed by atoms with Crippen LogP contribution in [0.15, 0.2) is 9.98 Å². The molecule has 0 bridgehead atoms. The van der Waals surface area contributed by atoms with Crippen LogP contribution in [-0.4, -0.2) is 30.8 Å². The first-order valence-electron chi connectivity index (χ1n) is 4.50. The molecular formula is C10H19ClN2OPd. The van der Waals surface area contributed by atoms with Crippen molar-refractivity contribution in [3.05, 3.63) is 0 Å². The van der Waals surface area contributed by atoms with Crippen molar-refractivity contribution in [3.8, 4) is 0 Å². The van der Waals surface area contributed by atoms with E-state index in [2.05, 4.69) is 37.7 Å². The van der Waals surface area contributed by atoms with Crippen molar-refractivity contribution in [1.29, 1.82) is 0 Å². The average Bonchev–Trinajstić information content (AvgIpc) is 2.16. The standard InChI is InChI=1S/C8H16N2.C2H3O.ClH.Pd/c1-7(2)9-5-6-10-8(3)4;1-2-3;;/h5-8H,1-4H3;1H3;1H;/q;-1;;+2/p-1. The van der Waals surface area contributed by atoms with E-state index in [9.17, 15) is 0 Å². The number of nitrogens with zero attached hydrogens (tertiary/aromatic N) is 2. The summed E-state index contributed by atoms with van der Waals surface area (Å²) in [5.41, 5.74) is 0. The molecule has 0 saturated heterocycles. The molecule has 5 heteroatoms. The Morgan fingerprint density at radius 1 is 1.07 bits per heavy atom. The molecule has 0 heterocycles. The molecule has 0 aliphatic carbocycles. The second-order valence-corrected chi connectivity index (χ2v) is 2.99. The molecule has 92 valence electrons. The fraction of sp³-hybridized carbons (Fsp3) is 0.700. The molecule has 0 atom stereocenters. The predicted molar refractivity (Wildman–Crippen MR) is 64.5 cm³/mol. The molecule has 0 N–H and O–H groups in total. The zero-order valence-electron chi connectivity index (χ0n) is 9.81. The fourth-order valence-corrected chi connectivity index (χ4v) is 0.421. The van der Waals surface area contributed by atoms with Crippen molar-refractivity contribution in [2.24, 2.45) is 9.98 Å². The molecule has 0 saturated carbocycles. The Labute approximate surface area is 108 Å². The van der Waals surface area contributed by atoms with Gasteiger partial charge in [0, 0.05) is 24.5 Å². The van der Waals surface area contributed by atoms with E-state index in [1.54, 1.807) is 12.4 Å². The van der Waals surface area contributed by atoms with Gasteiger partial charge in [0.05, 0.1) is 0 Å². The average molecular weight is 325 g/mol. The van der Waals surface area contributed by atoms with Gasteiger partial charge in [0.1, 0.15) is 0 Å². The van der Waals surface area contributed by atoms with Crippen LogP contribution in [0.25, 0.3) is 0 Å². The number of hydrogen-bond donors (Lipinski definition) is 0. The number of aliphatic imine (C=N–C) groups is 2. The fourth-order valence-electron chi connectivity index (χ4n) is 0.421. The molecule has 0 aromatic rings. The first-order chi connectivity index (χ1) is 7.04. The molecule has 15 heavy (non-hydrogen) atoms. The van der Waals surface area contributed by atoms with E-state index >= 15 is 0 Å². The van der Waals surface area contributed by atoms with Crippen molar-refractivity contribution in [2.45, 2.75) is 46.7 Å². The quantitative estimate of drug-likeness (QED) is 0.447. The maximum absolute atomic E-state index is 8.68. The van der Waals surface area contributed by atoms with E-state index in [1.807, 2.05) is 27.7 Å². The van der Waals surface area contributed by atoms with E-state index < -0.39 is 0 Å². The van der Waals surface area contributed by atoms with Crippen LogP contribution in [0.5, 0.6) is 0 Å². The van der Waals surface area contributed by atoms with Crippen molar-refractivity contribution >= 4 is 28.2 Å². The van der Waals surface area contributed by atoms with E-state index in [4.69, 9.17) is 4.79 Å². The molecule has 0 amide bonds. The SMILES string of the molecule is CC(C)N=CC=NC(C)C.C[C-]=O.[Cl][Pd+]. The van der Waals surface area contributed by atoms with Gasteiger partial charge in [-0.25, -0.2) is 0 Å². The predicted octanol–water partition coefficient (Wildman–Crippen LogP) is 2.75. The van der Waals surface area contributed by atoms with Gasteiger partial charge in [-0.2, -0.15) is 6.92 Å². The van der Waals surface area contributed by atoms with Gasteiger partial charge in [0.25, 0.3) is 0 Å². The zero-order valence-corrected chi connectivity index (χ0v) is 12.1. The summed E-state index contributed by atoms with van der Waals surface area (Å²) in [6.07, 6.45) is 5.01. The summed E-state index contributed by atoms with van der Waals surface area (Å²) in [6, 6.07) is 0.747. The van der Waals surface area contributed by atoms with E-state index in [0.29, 0.717) is 12.1 Å². The summed E-state index contributed by atoms with van der Waals surface area (Å²) in [7, 11) is 4.49. The molecule has 3 nitrogen and oxygen atoms in total. The third kappa shape index (κ3) is 41.2. The summed E-state index contributed by atoms with van der Waals surface area (Å²) < 4.78 is 0. The minimum absolute atomic E-state index is 0.374. The van der Waals surface area contributed by atoms with Crippen LogP contribution in [0.3, 0.4) is 0 Å². The van der Waals surface area contributed by atoms with Crippen LogP contribution in [-0.2, 0) is 23.0 Å². The molecule has 0 unspecified atom stereocenters. The van der Waals surface area contributed by atoms with E-state index in [0.717, 1.165) is 0 Å². The van der Waals surface area contributed by atoms with Gasteiger partial charge in [-0.1, -0.05) is 0 Å². The molecule has 0 fully saturated rings. The molecule has 0 aliphatic rings. The molecule has 0 spiro atoms. The van der Waals surface area contributed by atoms with Gasteiger partial charge >= 0.3 is 27.7 Å². The van der Waals surface area contributed by atoms with Crippen molar-refractivity contribution in [1.82, 2.24) is 0 Å². The van der Waals surface area contributed by atoms with Gasteiger partial charge in [0.2, 0.25) is 0 Å². The third-order valence-corrected chi connectivity index (χ3v) is 0.835.